The smallest absolute Gasteiger partial charge is 0.0257 e. The van der Waals surface area contributed by atoms with Crippen LogP contribution in [0, 0.1) is 24.7 Å². The molecule has 0 amide bonds. The molecule has 2 aliphatic carbocycles. The number of allylic oxidation sites excluding steroid dienone is 4. The van der Waals surface area contributed by atoms with Gasteiger partial charge in [-0.3, -0.25) is 0 Å². The summed E-state index contributed by atoms with van der Waals surface area (Å²) in [7, 11) is 0. The van der Waals surface area contributed by atoms with E-state index in [-0.39, 0.29) is 5.41 Å². The average Bonchev–Trinajstić information content (AvgIpc) is 2.69. The quantitative estimate of drug-likeness (QED) is 0.631. The van der Waals surface area contributed by atoms with E-state index in [0.29, 0.717) is 6.42 Å². The van der Waals surface area contributed by atoms with Gasteiger partial charge >= 0.3 is 0 Å². The molecule has 0 fully saturated rings. The first-order valence-electron chi connectivity index (χ1n) is 5.75. The Balaban J connectivity index is 2.36. The van der Waals surface area contributed by atoms with Crippen LogP contribution in [0.2, 0.25) is 0 Å². The van der Waals surface area contributed by atoms with Crippen molar-refractivity contribution in [2.24, 2.45) is 5.41 Å². The molecule has 1 radical (unpaired) electrons. The van der Waals surface area contributed by atoms with E-state index >= 15 is 0 Å². The van der Waals surface area contributed by atoms with Gasteiger partial charge in [-0.05, 0) is 34.6 Å². The normalized spacial score (nSPS) is 24.5. The average molecular weight is 217 g/mol. The summed E-state index contributed by atoms with van der Waals surface area (Å²) in [6.07, 6.45) is 14.6. The van der Waals surface area contributed by atoms with Crippen LogP contribution in [0.4, 0.5) is 0 Å². The van der Waals surface area contributed by atoms with Crippen molar-refractivity contribution in [2.45, 2.75) is 6.42 Å². The fourth-order valence-electron chi connectivity index (χ4n) is 2.68. The van der Waals surface area contributed by atoms with Crippen LogP contribution >= 0.6 is 0 Å². The standard InChI is InChI=1S/C17H13/c1-3-10-17(2)11-6-8-14-12-13-7-4-5-9-15(13)16(14)17/h1,4-9,11-12H,2,10H2. The molecule has 0 bridgehead atoms. The zero-order valence-corrected chi connectivity index (χ0v) is 9.61. The van der Waals surface area contributed by atoms with Gasteiger partial charge in [-0.1, -0.05) is 42.5 Å². The summed E-state index contributed by atoms with van der Waals surface area (Å²) in [5, 5.41) is 2.54. The molecule has 81 valence electrons. The van der Waals surface area contributed by atoms with Crippen molar-refractivity contribution in [1.29, 1.82) is 0 Å². The summed E-state index contributed by atoms with van der Waals surface area (Å²) in [6.45, 7) is 4.33. The molecule has 0 saturated carbocycles. The molecular weight excluding hydrogens is 204 g/mol. The Kier molecular flexibility index (Phi) is 2.09. The van der Waals surface area contributed by atoms with Crippen LogP contribution in [0.3, 0.4) is 0 Å². The first-order valence-corrected chi connectivity index (χ1v) is 5.75. The molecule has 1 aromatic rings. The van der Waals surface area contributed by atoms with Gasteiger partial charge in [-0.2, -0.15) is 0 Å². The lowest BCUT2D eigenvalue weighted by atomic mass is 9.73. The minimum Gasteiger partial charge on any atom is -0.120 e. The number of fused-ring (bicyclic) bond motifs is 2. The first-order chi connectivity index (χ1) is 8.24. The van der Waals surface area contributed by atoms with Crippen LogP contribution in [0.15, 0.2) is 48.1 Å². The fourth-order valence-corrected chi connectivity index (χ4v) is 2.68. The molecule has 0 nitrogen and oxygen atoms in total. The Labute approximate surface area is 102 Å². The summed E-state index contributed by atoms with van der Waals surface area (Å²) < 4.78 is 0. The molecule has 0 heteroatoms. The van der Waals surface area contributed by atoms with Crippen molar-refractivity contribution in [1.82, 2.24) is 0 Å². The van der Waals surface area contributed by atoms with Crippen molar-refractivity contribution >= 4 is 11.6 Å². The molecule has 0 heterocycles. The van der Waals surface area contributed by atoms with Gasteiger partial charge in [0.1, 0.15) is 0 Å². The van der Waals surface area contributed by atoms with Gasteiger partial charge in [0.15, 0.2) is 0 Å². The van der Waals surface area contributed by atoms with Gasteiger partial charge < -0.3 is 0 Å². The van der Waals surface area contributed by atoms with Crippen molar-refractivity contribution in [2.75, 3.05) is 0 Å². The molecule has 0 saturated heterocycles. The third-order valence-corrected chi connectivity index (χ3v) is 3.44. The van der Waals surface area contributed by atoms with Gasteiger partial charge in [0, 0.05) is 11.8 Å². The van der Waals surface area contributed by atoms with Gasteiger partial charge in [0.25, 0.3) is 0 Å². The van der Waals surface area contributed by atoms with E-state index in [4.69, 9.17) is 6.42 Å². The highest BCUT2D eigenvalue weighted by atomic mass is 14.3. The SMILES string of the molecule is C#CCC1([CH2])C=CC=C2C=c3ccccc3=C21. The number of rotatable bonds is 1. The minimum absolute atomic E-state index is 0.276. The Hall–Kier alpha value is -2.00. The number of hydrogen-bond donors (Lipinski definition) is 0. The Morgan fingerprint density at radius 3 is 2.94 bits per heavy atom. The number of hydrogen-bond acceptors (Lipinski definition) is 0. The zero-order valence-electron chi connectivity index (χ0n) is 9.61. The summed E-state index contributed by atoms with van der Waals surface area (Å²) >= 11 is 0. The van der Waals surface area contributed by atoms with Crippen molar-refractivity contribution in [3.8, 4) is 12.3 Å². The maximum atomic E-state index is 5.48. The Morgan fingerprint density at radius 2 is 2.12 bits per heavy atom. The Bertz CT molecular complexity index is 692. The highest BCUT2D eigenvalue weighted by Crippen LogP contribution is 2.41. The number of terminal acetylenes is 1. The number of benzene rings is 1. The third kappa shape index (κ3) is 1.40. The lowest BCUT2D eigenvalue weighted by Gasteiger charge is -2.29. The van der Waals surface area contributed by atoms with Gasteiger partial charge in [0.2, 0.25) is 0 Å². The van der Waals surface area contributed by atoms with Crippen molar-refractivity contribution in [3.05, 3.63) is 65.4 Å². The summed E-state index contributed by atoms with van der Waals surface area (Å²) in [5.74, 6) is 2.75. The molecule has 0 spiro atoms. The molecule has 0 aromatic heterocycles. The van der Waals surface area contributed by atoms with E-state index in [1.54, 1.807) is 0 Å². The van der Waals surface area contributed by atoms with E-state index in [9.17, 15) is 0 Å². The fraction of sp³-hybridized carbons (Fsp3) is 0.118. The molecule has 1 unspecified atom stereocenters. The monoisotopic (exact) mass is 217 g/mol. The van der Waals surface area contributed by atoms with Crippen LogP contribution in [0.25, 0.3) is 11.6 Å². The van der Waals surface area contributed by atoms with Crippen LogP contribution < -0.4 is 10.4 Å². The lowest BCUT2D eigenvalue weighted by Crippen LogP contribution is -2.28. The predicted octanol–water partition coefficient (Wildman–Crippen LogP) is 1.97. The van der Waals surface area contributed by atoms with E-state index in [0.717, 1.165) is 0 Å². The van der Waals surface area contributed by atoms with E-state index in [1.165, 1.54) is 21.6 Å². The highest BCUT2D eigenvalue weighted by molar-refractivity contribution is 5.88. The van der Waals surface area contributed by atoms with Crippen LogP contribution in [0.5, 0.6) is 0 Å². The predicted molar refractivity (Wildman–Crippen MR) is 72.0 cm³/mol. The van der Waals surface area contributed by atoms with Gasteiger partial charge in [-0.15, -0.1) is 12.3 Å². The summed E-state index contributed by atoms with van der Waals surface area (Å²) in [6, 6.07) is 8.42. The van der Waals surface area contributed by atoms with Crippen molar-refractivity contribution < 1.29 is 0 Å². The minimum atomic E-state index is -0.276. The molecule has 3 rings (SSSR count). The molecule has 0 N–H and O–H groups in total. The van der Waals surface area contributed by atoms with Crippen LogP contribution in [-0.4, -0.2) is 0 Å². The largest absolute Gasteiger partial charge is 0.120 e. The van der Waals surface area contributed by atoms with E-state index in [1.807, 2.05) is 0 Å². The van der Waals surface area contributed by atoms with Gasteiger partial charge in [-0.25, -0.2) is 0 Å². The molecule has 2 aliphatic rings. The van der Waals surface area contributed by atoms with Gasteiger partial charge in [0.05, 0.1) is 0 Å². The maximum absolute atomic E-state index is 5.48. The molecule has 17 heavy (non-hydrogen) atoms. The van der Waals surface area contributed by atoms with Crippen molar-refractivity contribution in [3.63, 3.8) is 0 Å². The maximum Gasteiger partial charge on any atom is 0.0257 e. The topological polar surface area (TPSA) is 0 Å². The van der Waals surface area contributed by atoms with E-state index in [2.05, 4.69) is 61.4 Å². The second-order valence-electron chi connectivity index (χ2n) is 4.62. The van der Waals surface area contributed by atoms with E-state index < -0.39 is 0 Å². The molecular formula is C17H13. The lowest BCUT2D eigenvalue weighted by molar-refractivity contribution is 0.666. The Morgan fingerprint density at radius 1 is 1.29 bits per heavy atom. The van der Waals surface area contributed by atoms with Crippen LogP contribution in [0.1, 0.15) is 6.42 Å². The van der Waals surface area contributed by atoms with Crippen LogP contribution in [-0.2, 0) is 0 Å². The first kappa shape index (κ1) is 10.2. The molecule has 0 aliphatic heterocycles. The second kappa shape index (κ2) is 3.50. The summed E-state index contributed by atoms with van der Waals surface area (Å²) in [4.78, 5) is 0. The highest BCUT2D eigenvalue weighted by Gasteiger charge is 2.31. The molecule has 1 atom stereocenters. The zero-order chi connectivity index (χ0) is 11.9. The third-order valence-electron chi connectivity index (χ3n) is 3.44. The second-order valence-corrected chi connectivity index (χ2v) is 4.62. The molecule has 1 aromatic carbocycles. The summed E-state index contributed by atoms with van der Waals surface area (Å²) in [5.41, 5.74) is 2.24.